The van der Waals surface area contributed by atoms with Gasteiger partial charge in [-0.05, 0) is 42.8 Å². The monoisotopic (exact) mass is 411 g/mol. The summed E-state index contributed by atoms with van der Waals surface area (Å²) in [6, 6.07) is 7.56. The molecule has 1 aliphatic rings. The van der Waals surface area contributed by atoms with Crippen molar-refractivity contribution < 1.29 is 27.3 Å². The van der Waals surface area contributed by atoms with Crippen LogP contribution in [0.1, 0.15) is 22.3 Å². The minimum Gasteiger partial charge on any atom is -0.364 e. The van der Waals surface area contributed by atoms with Gasteiger partial charge in [-0.15, -0.1) is 0 Å². The Bertz CT molecular complexity index is 916. The van der Waals surface area contributed by atoms with Gasteiger partial charge in [0.1, 0.15) is 11.5 Å². The summed E-state index contributed by atoms with van der Waals surface area (Å²) in [6.07, 6.45) is -4.20. The maximum Gasteiger partial charge on any atom is 0.416 e. The Morgan fingerprint density at radius 1 is 1.00 bits per heavy atom. The molecule has 0 N–H and O–H groups in total. The number of amides is 1. The van der Waals surface area contributed by atoms with Crippen molar-refractivity contribution in [2.75, 3.05) is 31.1 Å². The minimum atomic E-state index is -4.68. The Kier molecular flexibility index (Phi) is 5.71. The molecule has 1 heterocycles. The van der Waals surface area contributed by atoms with E-state index >= 15 is 0 Å². The number of hydrogen-bond donors (Lipinski definition) is 0. The largest absolute Gasteiger partial charge is 0.416 e. The highest BCUT2D eigenvalue weighted by Crippen LogP contribution is 2.36. The predicted octanol–water partition coefficient (Wildman–Crippen LogP) is 4.11. The predicted molar refractivity (Wildman–Crippen MR) is 97.2 cm³/mol. The number of carbonyl (C=O) groups excluding carboxylic acids is 1. The molecule has 154 valence electrons. The molecule has 29 heavy (non-hydrogen) atoms. The van der Waals surface area contributed by atoms with Crippen molar-refractivity contribution in [1.29, 1.82) is 0 Å². The average Bonchev–Trinajstić information content (AvgIpc) is 2.93. The Hall–Kier alpha value is -3.17. The number of nitrogens with zero attached hydrogens (tertiary/aromatic N) is 3. The van der Waals surface area contributed by atoms with Crippen LogP contribution < -0.4 is 4.90 Å². The molecule has 0 radical (unpaired) electrons. The topological polar surface area (TPSA) is 66.7 Å². The van der Waals surface area contributed by atoms with Gasteiger partial charge in [0.15, 0.2) is 0 Å². The van der Waals surface area contributed by atoms with Crippen LogP contribution in [0.5, 0.6) is 0 Å². The molecule has 1 fully saturated rings. The van der Waals surface area contributed by atoms with E-state index in [1.807, 2.05) is 0 Å². The van der Waals surface area contributed by atoms with Crippen molar-refractivity contribution in [1.82, 2.24) is 4.90 Å². The highest BCUT2D eigenvalue weighted by atomic mass is 19.4. The van der Waals surface area contributed by atoms with Gasteiger partial charge in [0.05, 0.1) is 10.5 Å². The molecule has 0 spiro atoms. The molecular weight excluding hydrogens is 394 g/mol. The summed E-state index contributed by atoms with van der Waals surface area (Å²) in [5, 5.41) is 11.3. The molecule has 10 heteroatoms. The van der Waals surface area contributed by atoms with Gasteiger partial charge in [0, 0.05) is 37.8 Å². The molecule has 0 bridgehead atoms. The van der Waals surface area contributed by atoms with Crippen LogP contribution in [-0.2, 0) is 6.18 Å². The second-order valence-electron chi connectivity index (χ2n) is 6.60. The first-order valence-electron chi connectivity index (χ1n) is 8.82. The number of hydrogen-bond acceptors (Lipinski definition) is 4. The van der Waals surface area contributed by atoms with Crippen molar-refractivity contribution in [2.45, 2.75) is 12.6 Å². The first-order chi connectivity index (χ1) is 13.7. The number of alkyl halides is 3. The van der Waals surface area contributed by atoms with Crippen molar-refractivity contribution in [3.05, 3.63) is 69.5 Å². The van der Waals surface area contributed by atoms with Crippen molar-refractivity contribution in [3.63, 3.8) is 0 Å². The zero-order valence-electron chi connectivity index (χ0n) is 15.2. The maximum absolute atomic E-state index is 13.0. The first kappa shape index (κ1) is 20.6. The fourth-order valence-corrected chi connectivity index (χ4v) is 3.25. The summed E-state index contributed by atoms with van der Waals surface area (Å²) in [4.78, 5) is 26.2. The normalized spacial score (nSPS) is 15.2. The van der Waals surface area contributed by atoms with Crippen LogP contribution in [0.2, 0.25) is 0 Å². The van der Waals surface area contributed by atoms with Crippen LogP contribution >= 0.6 is 0 Å². The molecular formula is C19H17F4N3O3. The smallest absolute Gasteiger partial charge is 0.364 e. The van der Waals surface area contributed by atoms with E-state index in [2.05, 4.69) is 0 Å². The van der Waals surface area contributed by atoms with Gasteiger partial charge in [-0.2, -0.15) is 13.2 Å². The fraction of sp³-hybridized carbons (Fsp3) is 0.316. The molecule has 0 aromatic heterocycles. The average molecular weight is 411 g/mol. The second kappa shape index (κ2) is 8.06. The standard InChI is InChI=1S/C19H17F4N3O3/c20-15-5-2-13(3-6-15)18(27)25-9-1-8-24(10-11-25)16-7-4-14(19(21,22)23)12-17(16)26(28)29/h2-7,12H,1,8-11H2. The molecule has 2 aromatic carbocycles. The quantitative estimate of drug-likeness (QED) is 0.433. The van der Waals surface area contributed by atoms with Gasteiger partial charge in [-0.1, -0.05) is 0 Å². The Morgan fingerprint density at radius 3 is 2.31 bits per heavy atom. The molecule has 1 amide bonds. The summed E-state index contributed by atoms with van der Waals surface area (Å²) in [5.41, 5.74) is -1.31. The van der Waals surface area contributed by atoms with Gasteiger partial charge in [0.2, 0.25) is 0 Å². The second-order valence-corrected chi connectivity index (χ2v) is 6.60. The Morgan fingerprint density at radius 2 is 1.69 bits per heavy atom. The van der Waals surface area contributed by atoms with Crippen molar-refractivity contribution in [3.8, 4) is 0 Å². The van der Waals surface area contributed by atoms with Crippen LogP contribution in [0.4, 0.5) is 28.9 Å². The molecule has 0 atom stereocenters. The Labute approximate surface area is 163 Å². The number of nitro benzene ring substituents is 1. The lowest BCUT2D eigenvalue weighted by Gasteiger charge is -2.24. The minimum absolute atomic E-state index is 0.0825. The zero-order valence-corrected chi connectivity index (χ0v) is 15.2. The summed E-state index contributed by atoms with van der Waals surface area (Å²) in [6.45, 7) is 1.17. The number of halogens is 4. The molecule has 3 rings (SSSR count). The third kappa shape index (κ3) is 4.64. The molecule has 0 aliphatic carbocycles. The van der Waals surface area contributed by atoms with E-state index < -0.39 is 28.2 Å². The lowest BCUT2D eigenvalue weighted by atomic mass is 10.1. The molecule has 1 saturated heterocycles. The number of nitro groups is 1. The van der Waals surface area contributed by atoms with E-state index in [0.29, 0.717) is 31.1 Å². The van der Waals surface area contributed by atoms with E-state index in [1.54, 1.807) is 9.80 Å². The first-order valence-corrected chi connectivity index (χ1v) is 8.82. The number of anilines is 1. The number of carbonyl (C=O) groups is 1. The van der Waals surface area contributed by atoms with Gasteiger partial charge in [-0.3, -0.25) is 14.9 Å². The van der Waals surface area contributed by atoms with Crippen LogP contribution in [0, 0.1) is 15.9 Å². The lowest BCUT2D eigenvalue weighted by molar-refractivity contribution is -0.384. The maximum atomic E-state index is 13.0. The highest BCUT2D eigenvalue weighted by molar-refractivity contribution is 5.94. The van der Waals surface area contributed by atoms with Gasteiger partial charge in [0.25, 0.3) is 11.6 Å². The van der Waals surface area contributed by atoms with E-state index in [-0.39, 0.29) is 24.7 Å². The highest BCUT2D eigenvalue weighted by Gasteiger charge is 2.34. The molecule has 0 saturated carbocycles. The van der Waals surface area contributed by atoms with E-state index in [1.165, 1.54) is 24.3 Å². The summed E-state index contributed by atoms with van der Waals surface area (Å²) >= 11 is 0. The molecule has 6 nitrogen and oxygen atoms in total. The van der Waals surface area contributed by atoms with Gasteiger partial charge < -0.3 is 9.80 Å². The van der Waals surface area contributed by atoms with E-state index in [0.717, 1.165) is 12.1 Å². The Balaban J connectivity index is 1.79. The fourth-order valence-electron chi connectivity index (χ4n) is 3.25. The van der Waals surface area contributed by atoms with Crippen molar-refractivity contribution >= 4 is 17.3 Å². The third-order valence-corrected chi connectivity index (χ3v) is 4.71. The van der Waals surface area contributed by atoms with Crippen molar-refractivity contribution in [2.24, 2.45) is 0 Å². The summed E-state index contributed by atoms with van der Waals surface area (Å²) in [5.74, 6) is -0.757. The van der Waals surface area contributed by atoms with E-state index in [9.17, 15) is 32.5 Å². The summed E-state index contributed by atoms with van der Waals surface area (Å²) in [7, 11) is 0. The summed E-state index contributed by atoms with van der Waals surface area (Å²) < 4.78 is 51.7. The van der Waals surface area contributed by atoms with Gasteiger partial charge in [-0.25, -0.2) is 4.39 Å². The SMILES string of the molecule is O=C(c1ccc(F)cc1)N1CCCN(c2ccc(C(F)(F)F)cc2[N+](=O)[O-])CC1. The molecule has 0 unspecified atom stereocenters. The zero-order chi connectivity index (χ0) is 21.2. The van der Waals surface area contributed by atoms with Crippen LogP contribution in [-0.4, -0.2) is 41.9 Å². The number of benzene rings is 2. The van der Waals surface area contributed by atoms with Crippen LogP contribution in [0.3, 0.4) is 0 Å². The van der Waals surface area contributed by atoms with E-state index in [4.69, 9.17) is 0 Å². The molecule has 2 aromatic rings. The van der Waals surface area contributed by atoms with Gasteiger partial charge >= 0.3 is 6.18 Å². The molecule has 1 aliphatic heterocycles. The number of rotatable bonds is 3. The lowest BCUT2D eigenvalue weighted by Crippen LogP contribution is -2.35. The van der Waals surface area contributed by atoms with Crippen LogP contribution in [0.15, 0.2) is 42.5 Å². The third-order valence-electron chi connectivity index (χ3n) is 4.71. The van der Waals surface area contributed by atoms with Crippen LogP contribution in [0.25, 0.3) is 0 Å².